The van der Waals surface area contributed by atoms with E-state index in [2.05, 4.69) is 15.6 Å². The second kappa shape index (κ2) is 10.1. The molecule has 0 aromatic heterocycles. The van der Waals surface area contributed by atoms with Gasteiger partial charge < -0.3 is 15.5 Å². The van der Waals surface area contributed by atoms with Crippen LogP contribution in [0.25, 0.3) is 0 Å². The number of halogens is 3. The van der Waals surface area contributed by atoms with Gasteiger partial charge in [0.1, 0.15) is 0 Å². The molecule has 1 aliphatic heterocycles. The number of alkyl halides is 2. The highest BCUT2D eigenvalue weighted by molar-refractivity contribution is 14.0. The van der Waals surface area contributed by atoms with Gasteiger partial charge in [0, 0.05) is 33.6 Å². The van der Waals surface area contributed by atoms with Crippen LogP contribution in [-0.2, 0) is 4.79 Å². The molecule has 20 heavy (non-hydrogen) atoms. The molecule has 0 bridgehead atoms. The number of carbonyl (C=O) groups is 1. The molecule has 0 spiro atoms. The fraction of sp³-hybridized carbons (Fsp3) is 0.833. The smallest absolute Gasteiger partial charge is 0.255 e. The number of carbonyl (C=O) groups excluding carboxylic acids is 1. The number of nitrogens with zero attached hydrogens (tertiary/aromatic N) is 2. The van der Waals surface area contributed by atoms with Gasteiger partial charge in [0.05, 0.1) is 6.54 Å². The van der Waals surface area contributed by atoms with E-state index < -0.39 is 6.43 Å². The predicted molar refractivity (Wildman–Crippen MR) is 85.8 cm³/mol. The predicted octanol–water partition coefficient (Wildman–Crippen LogP) is 1.29. The summed E-state index contributed by atoms with van der Waals surface area (Å²) in [6.45, 7) is 1.10. The van der Waals surface area contributed by atoms with Gasteiger partial charge >= 0.3 is 0 Å². The van der Waals surface area contributed by atoms with Gasteiger partial charge in [0.15, 0.2) is 5.96 Å². The van der Waals surface area contributed by atoms with Gasteiger partial charge in [-0.05, 0) is 18.8 Å². The molecule has 1 heterocycles. The minimum absolute atomic E-state index is 0. The summed E-state index contributed by atoms with van der Waals surface area (Å²) in [5.41, 5.74) is 0. The molecule has 1 amide bonds. The van der Waals surface area contributed by atoms with E-state index in [9.17, 15) is 13.6 Å². The first-order valence-electron chi connectivity index (χ1n) is 6.51. The Kier molecular flexibility index (Phi) is 9.78. The van der Waals surface area contributed by atoms with Crippen molar-refractivity contribution >= 4 is 35.8 Å². The molecule has 2 N–H and O–H groups in total. The lowest BCUT2D eigenvalue weighted by Gasteiger charge is -2.34. The zero-order valence-corrected chi connectivity index (χ0v) is 14.2. The van der Waals surface area contributed by atoms with Crippen molar-refractivity contribution in [2.45, 2.75) is 25.7 Å². The quantitative estimate of drug-likeness (QED) is 0.422. The minimum Gasteiger partial charge on any atom is -0.359 e. The largest absolute Gasteiger partial charge is 0.359 e. The summed E-state index contributed by atoms with van der Waals surface area (Å²) < 4.78 is 24.3. The number of amides is 1. The lowest BCUT2D eigenvalue weighted by Crippen LogP contribution is -2.47. The van der Waals surface area contributed by atoms with Crippen molar-refractivity contribution < 1.29 is 13.6 Å². The number of hydrogen-bond donors (Lipinski definition) is 2. The highest BCUT2D eigenvalue weighted by Gasteiger charge is 2.23. The van der Waals surface area contributed by atoms with Gasteiger partial charge in [-0.25, -0.2) is 8.78 Å². The van der Waals surface area contributed by atoms with Crippen molar-refractivity contribution in [1.82, 2.24) is 15.5 Å². The lowest BCUT2D eigenvalue weighted by atomic mass is 9.93. The maximum atomic E-state index is 12.2. The van der Waals surface area contributed by atoms with Crippen LogP contribution in [0.15, 0.2) is 4.99 Å². The Morgan fingerprint density at radius 1 is 1.40 bits per heavy atom. The molecule has 0 unspecified atom stereocenters. The second-order valence-corrected chi connectivity index (χ2v) is 4.63. The third-order valence-electron chi connectivity index (χ3n) is 3.29. The molecule has 1 saturated heterocycles. The van der Waals surface area contributed by atoms with Crippen LogP contribution in [0.1, 0.15) is 19.3 Å². The summed E-state index contributed by atoms with van der Waals surface area (Å²) in [4.78, 5) is 17.3. The molecule has 0 aromatic rings. The Hall–Kier alpha value is -0.670. The van der Waals surface area contributed by atoms with E-state index in [-0.39, 0.29) is 36.4 Å². The molecule has 118 valence electrons. The third kappa shape index (κ3) is 6.67. The Morgan fingerprint density at radius 3 is 2.45 bits per heavy atom. The number of aliphatic imine (C=N–C) groups is 1. The van der Waals surface area contributed by atoms with E-state index >= 15 is 0 Å². The van der Waals surface area contributed by atoms with E-state index in [0.717, 1.165) is 25.9 Å². The van der Waals surface area contributed by atoms with Crippen molar-refractivity contribution in [2.75, 3.05) is 33.7 Å². The van der Waals surface area contributed by atoms with Crippen LogP contribution in [0.2, 0.25) is 0 Å². The maximum Gasteiger partial charge on any atom is 0.255 e. The van der Waals surface area contributed by atoms with Gasteiger partial charge in [0.2, 0.25) is 5.91 Å². The van der Waals surface area contributed by atoms with Crippen molar-refractivity contribution in [2.24, 2.45) is 10.9 Å². The van der Waals surface area contributed by atoms with Gasteiger partial charge in [0.25, 0.3) is 6.43 Å². The molecule has 1 aliphatic rings. The Bertz CT molecular complexity index is 321. The molecule has 0 aliphatic carbocycles. The SMILES string of the molecule is CN=C(NCC(F)F)N1CCC(CC(=O)NC)CC1.I. The molecular formula is C12H23F2IN4O. The van der Waals surface area contributed by atoms with Crippen LogP contribution in [0, 0.1) is 5.92 Å². The highest BCUT2D eigenvalue weighted by atomic mass is 127. The maximum absolute atomic E-state index is 12.2. The van der Waals surface area contributed by atoms with Gasteiger partial charge in [-0.15, -0.1) is 24.0 Å². The summed E-state index contributed by atoms with van der Waals surface area (Å²) in [7, 11) is 3.22. The third-order valence-corrected chi connectivity index (χ3v) is 3.29. The van der Waals surface area contributed by atoms with Gasteiger partial charge in [-0.3, -0.25) is 9.79 Å². The summed E-state index contributed by atoms with van der Waals surface area (Å²) in [6.07, 6.45) is -0.0959. The molecule has 8 heteroatoms. The fourth-order valence-corrected chi connectivity index (χ4v) is 2.21. The Morgan fingerprint density at radius 2 is 2.00 bits per heavy atom. The summed E-state index contributed by atoms with van der Waals surface area (Å²) in [6, 6.07) is 0. The molecule has 1 fully saturated rings. The molecule has 5 nitrogen and oxygen atoms in total. The summed E-state index contributed by atoms with van der Waals surface area (Å²) >= 11 is 0. The summed E-state index contributed by atoms with van der Waals surface area (Å²) in [5.74, 6) is 0.932. The van der Waals surface area contributed by atoms with Crippen LogP contribution < -0.4 is 10.6 Å². The zero-order valence-electron chi connectivity index (χ0n) is 11.9. The number of piperidine rings is 1. The van der Waals surface area contributed by atoms with Crippen molar-refractivity contribution in [1.29, 1.82) is 0 Å². The van der Waals surface area contributed by atoms with E-state index in [1.54, 1.807) is 14.1 Å². The van der Waals surface area contributed by atoms with Crippen LogP contribution in [0.3, 0.4) is 0 Å². The van der Waals surface area contributed by atoms with E-state index in [1.165, 1.54) is 0 Å². The number of nitrogens with one attached hydrogen (secondary N) is 2. The second-order valence-electron chi connectivity index (χ2n) is 4.63. The van der Waals surface area contributed by atoms with E-state index in [0.29, 0.717) is 18.3 Å². The molecule has 0 atom stereocenters. The van der Waals surface area contributed by atoms with Gasteiger partial charge in [-0.2, -0.15) is 0 Å². The highest BCUT2D eigenvalue weighted by Crippen LogP contribution is 2.20. The topological polar surface area (TPSA) is 56.7 Å². The average molecular weight is 404 g/mol. The Labute approximate surface area is 135 Å². The van der Waals surface area contributed by atoms with Crippen LogP contribution in [0.4, 0.5) is 8.78 Å². The standard InChI is InChI=1S/C12H22F2N4O.HI/c1-15-11(19)7-9-3-5-18(6-4-9)12(16-2)17-8-10(13)14;/h9-10H,3-8H2,1-2H3,(H,15,19)(H,16,17);1H. The Balaban J connectivity index is 0.00000361. The molecule has 0 radical (unpaired) electrons. The molecular weight excluding hydrogens is 381 g/mol. The lowest BCUT2D eigenvalue weighted by molar-refractivity contribution is -0.121. The number of hydrogen-bond acceptors (Lipinski definition) is 2. The monoisotopic (exact) mass is 404 g/mol. The summed E-state index contributed by atoms with van der Waals surface area (Å²) in [5, 5.41) is 5.27. The minimum atomic E-state index is -2.39. The van der Waals surface area contributed by atoms with Crippen molar-refractivity contribution in [3.05, 3.63) is 0 Å². The number of rotatable bonds is 4. The van der Waals surface area contributed by atoms with Crippen molar-refractivity contribution in [3.8, 4) is 0 Å². The zero-order chi connectivity index (χ0) is 14.3. The van der Waals surface area contributed by atoms with Gasteiger partial charge in [-0.1, -0.05) is 0 Å². The fourth-order valence-electron chi connectivity index (χ4n) is 2.21. The first-order valence-corrected chi connectivity index (χ1v) is 6.51. The number of guanidine groups is 1. The first-order chi connectivity index (χ1) is 9.06. The van der Waals surface area contributed by atoms with E-state index in [4.69, 9.17) is 0 Å². The van der Waals surface area contributed by atoms with Crippen LogP contribution in [-0.4, -0.2) is 56.9 Å². The van der Waals surface area contributed by atoms with Crippen LogP contribution >= 0.6 is 24.0 Å². The van der Waals surface area contributed by atoms with Crippen LogP contribution in [0.5, 0.6) is 0 Å². The molecule has 0 saturated carbocycles. The average Bonchev–Trinajstić information content (AvgIpc) is 2.40. The van der Waals surface area contributed by atoms with E-state index in [1.807, 2.05) is 4.90 Å². The number of likely N-dealkylation sites (tertiary alicyclic amines) is 1. The normalized spacial score (nSPS) is 16.9. The molecule has 0 aromatic carbocycles. The first kappa shape index (κ1) is 19.3. The molecule has 1 rings (SSSR count). The van der Waals surface area contributed by atoms with Crippen molar-refractivity contribution in [3.63, 3.8) is 0 Å².